The molecule has 0 saturated carbocycles. The SMILES string of the molecule is CCCCC(CC)C(=O)NCCCOCCBr. The summed E-state index contributed by atoms with van der Waals surface area (Å²) in [6.45, 7) is 6.42. The fourth-order valence-corrected chi connectivity index (χ4v) is 1.89. The molecule has 3 nitrogen and oxygen atoms in total. The Labute approximate surface area is 114 Å². The monoisotopic (exact) mass is 307 g/mol. The molecule has 0 fully saturated rings. The minimum Gasteiger partial charge on any atom is -0.381 e. The third-order valence-electron chi connectivity index (χ3n) is 2.76. The van der Waals surface area contributed by atoms with Crippen LogP contribution in [0.25, 0.3) is 0 Å². The molecule has 1 amide bonds. The summed E-state index contributed by atoms with van der Waals surface area (Å²) in [4.78, 5) is 11.8. The topological polar surface area (TPSA) is 38.3 Å². The molecular weight excluding hydrogens is 282 g/mol. The summed E-state index contributed by atoms with van der Waals surface area (Å²) in [6.07, 6.45) is 5.14. The molecule has 0 aliphatic heterocycles. The third-order valence-corrected chi connectivity index (χ3v) is 3.08. The van der Waals surface area contributed by atoms with Gasteiger partial charge in [-0.05, 0) is 19.3 Å². The van der Waals surface area contributed by atoms with Crippen molar-refractivity contribution >= 4 is 21.8 Å². The van der Waals surface area contributed by atoms with E-state index >= 15 is 0 Å². The highest BCUT2D eigenvalue weighted by molar-refractivity contribution is 9.09. The molecule has 0 heterocycles. The lowest BCUT2D eigenvalue weighted by molar-refractivity contribution is -0.125. The van der Waals surface area contributed by atoms with Crippen molar-refractivity contribution in [3.63, 3.8) is 0 Å². The molecule has 17 heavy (non-hydrogen) atoms. The van der Waals surface area contributed by atoms with Crippen LogP contribution in [0, 0.1) is 5.92 Å². The van der Waals surface area contributed by atoms with Crippen molar-refractivity contribution in [1.29, 1.82) is 0 Å². The number of unbranched alkanes of at least 4 members (excludes halogenated alkanes) is 1. The first-order valence-electron chi connectivity index (χ1n) is 6.67. The number of hydrogen-bond acceptors (Lipinski definition) is 2. The van der Waals surface area contributed by atoms with E-state index in [0.29, 0.717) is 0 Å². The zero-order valence-electron chi connectivity index (χ0n) is 11.1. The molecule has 0 aromatic carbocycles. The molecule has 102 valence electrons. The van der Waals surface area contributed by atoms with Crippen LogP contribution in [0.15, 0.2) is 0 Å². The number of carbonyl (C=O) groups excluding carboxylic acids is 1. The van der Waals surface area contributed by atoms with Crippen LogP contribution in [0.4, 0.5) is 0 Å². The highest BCUT2D eigenvalue weighted by atomic mass is 79.9. The van der Waals surface area contributed by atoms with E-state index in [0.717, 1.165) is 57.2 Å². The smallest absolute Gasteiger partial charge is 0.223 e. The average molecular weight is 308 g/mol. The molecule has 0 bridgehead atoms. The average Bonchev–Trinajstić information content (AvgIpc) is 2.34. The van der Waals surface area contributed by atoms with E-state index in [1.807, 2.05) is 0 Å². The van der Waals surface area contributed by atoms with Crippen molar-refractivity contribution in [2.24, 2.45) is 5.92 Å². The van der Waals surface area contributed by atoms with Crippen molar-refractivity contribution in [2.75, 3.05) is 25.1 Å². The Morgan fingerprint density at radius 2 is 2.06 bits per heavy atom. The summed E-state index contributed by atoms with van der Waals surface area (Å²) in [5.41, 5.74) is 0. The molecule has 0 saturated heterocycles. The summed E-state index contributed by atoms with van der Waals surface area (Å²) in [7, 11) is 0. The normalized spacial score (nSPS) is 12.4. The van der Waals surface area contributed by atoms with E-state index in [1.54, 1.807) is 0 Å². The molecule has 0 aliphatic carbocycles. The van der Waals surface area contributed by atoms with Gasteiger partial charge in [0.1, 0.15) is 0 Å². The van der Waals surface area contributed by atoms with Gasteiger partial charge in [-0.2, -0.15) is 0 Å². The van der Waals surface area contributed by atoms with Crippen molar-refractivity contribution in [2.45, 2.75) is 46.0 Å². The Bertz CT molecular complexity index is 188. The fraction of sp³-hybridized carbons (Fsp3) is 0.923. The minimum absolute atomic E-state index is 0.193. The summed E-state index contributed by atoms with van der Waals surface area (Å²) in [6, 6.07) is 0. The Kier molecular flexibility index (Phi) is 12.3. The highest BCUT2D eigenvalue weighted by Gasteiger charge is 2.14. The van der Waals surface area contributed by atoms with E-state index in [-0.39, 0.29) is 11.8 Å². The van der Waals surface area contributed by atoms with E-state index in [4.69, 9.17) is 4.74 Å². The Morgan fingerprint density at radius 1 is 1.29 bits per heavy atom. The standard InChI is InChI=1S/C13H26BrNO2/c1-3-5-7-12(4-2)13(16)15-9-6-10-17-11-8-14/h12H,3-11H2,1-2H3,(H,15,16). The third kappa shape index (κ3) is 9.60. The molecule has 1 N–H and O–H groups in total. The Hall–Kier alpha value is -0.0900. The van der Waals surface area contributed by atoms with Gasteiger partial charge >= 0.3 is 0 Å². The maximum absolute atomic E-state index is 11.8. The number of hydrogen-bond donors (Lipinski definition) is 1. The molecule has 1 atom stereocenters. The summed E-state index contributed by atoms with van der Waals surface area (Å²) < 4.78 is 5.32. The van der Waals surface area contributed by atoms with Crippen LogP contribution in [-0.4, -0.2) is 31.0 Å². The van der Waals surface area contributed by atoms with Gasteiger partial charge in [0.25, 0.3) is 0 Å². The number of alkyl halides is 1. The van der Waals surface area contributed by atoms with Gasteiger partial charge in [-0.3, -0.25) is 4.79 Å². The fourth-order valence-electron chi connectivity index (χ4n) is 1.66. The maximum Gasteiger partial charge on any atom is 0.223 e. The lowest BCUT2D eigenvalue weighted by Gasteiger charge is -2.14. The number of rotatable bonds is 11. The molecule has 0 spiro atoms. The predicted octanol–water partition coefficient (Wildman–Crippen LogP) is 3.12. The van der Waals surface area contributed by atoms with Crippen LogP contribution in [0.3, 0.4) is 0 Å². The van der Waals surface area contributed by atoms with Crippen molar-refractivity contribution in [3.05, 3.63) is 0 Å². The van der Waals surface area contributed by atoms with Crippen molar-refractivity contribution in [1.82, 2.24) is 5.32 Å². The summed E-state index contributed by atoms with van der Waals surface area (Å²) >= 11 is 3.30. The summed E-state index contributed by atoms with van der Waals surface area (Å²) in [5.74, 6) is 0.403. The molecule has 0 radical (unpaired) electrons. The lowest BCUT2D eigenvalue weighted by atomic mass is 9.98. The quantitative estimate of drug-likeness (QED) is 0.470. The van der Waals surface area contributed by atoms with Crippen LogP contribution in [0.2, 0.25) is 0 Å². The van der Waals surface area contributed by atoms with Gasteiger partial charge in [0.05, 0.1) is 6.61 Å². The van der Waals surface area contributed by atoms with Crippen LogP contribution in [0.5, 0.6) is 0 Å². The second-order valence-corrected chi connectivity index (χ2v) is 4.99. The second kappa shape index (κ2) is 12.4. The van der Waals surface area contributed by atoms with E-state index in [9.17, 15) is 4.79 Å². The van der Waals surface area contributed by atoms with Crippen molar-refractivity contribution in [3.8, 4) is 0 Å². The first-order chi connectivity index (χ1) is 8.26. The molecule has 0 rings (SSSR count). The largest absolute Gasteiger partial charge is 0.381 e. The molecule has 0 aliphatic rings. The van der Waals surface area contributed by atoms with Gasteiger partial charge < -0.3 is 10.1 Å². The van der Waals surface area contributed by atoms with E-state index < -0.39 is 0 Å². The number of halogens is 1. The molecule has 0 aromatic heterocycles. The second-order valence-electron chi connectivity index (χ2n) is 4.19. The van der Waals surface area contributed by atoms with Crippen LogP contribution in [-0.2, 0) is 9.53 Å². The van der Waals surface area contributed by atoms with Crippen LogP contribution < -0.4 is 5.32 Å². The number of ether oxygens (including phenoxy) is 1. The van der Waals surface area contributed by atoms with E-state index in [2.05, 4.69) is 35.1 Å². The summed E-state index contributed by atoms with van der Waals surface area (Å²) in [5, 5.41) is 3.86. The molecule has 4 heteroatoms. The molecular formula is C13H26BrNO2. The Balaban J connectivity index is 3.54. The minimum atomic E-state index is 0.193. The zero-order chi connectivity index (χ0) is 12.9. The number of carbonyl (C=O) groups is 1. The lowest BCUT2D eigenvalue weighted by Crippen LogP contribution is -2.31. The molecule has 1 unspecified atom stereocenters. The van der Waals surface area contributed by atoms with E-state index in [1.165, 1.54) is 0 Å². The first kappa shape index (κ1) is 16.9. The van der Waals surface area contributed by atoms with Crippen molar-refractivity contribution < 1.29 is 9.53 Å². The highest BCUT2D eigenvalue weighted by Crippen LogP contribution is 2.12. The molecule has 0 aromatic rings. The van der Waals surface area contributed by atoms with Gasteiger partial charge in [-0.25, -0.2) is 0 Å². The van der Waals surface area contributed by atoms with Crippen LogP contribution >= 0.6 is 15.9 Å². The zero-order valence-corrected chi connectivity index (χ0v) is 12.7. The van der Waals surface area contributed by atoms with Gasteiger partial charge in [0, 0.05) is 24.4 Å². The first-order valence-corrected chi connectivity index (χ1v) is 7.79. The number of amides is 1. The van der Waals surface area contributed by atoms with Gasteiger partial charge in [-0.1, -0.05) is 42.6 Å². The predicted molar refractivity (Wildman–Crippen MR) is 75.5 cm³/mol. The Morgan fingerprint density at radius 3 is 2.65 bits per heavy atom. The van der Waals surface area contributed by atoms with Gasteiger partial charge in [0.2, 0.25) is 5.91 Å². The number of nitrogens with one attached hydrogen (secondary N) is 1. The van der Waals surface area contributed by atoms with Crippen LogP contribution in [0.1, 0.15) is 46.0 Å². The maximum atomic E-state index is 11.8. The van der Waals surface area contributed by atoms with Gasteiger partial charge in [-0.15, -0.1) is 0 Å². The van der Waals surface area contributed by atoms with Gasteiger partial charge in [0.15, 0.2) is 0 Å².